The van der Waals surface area contributed by atoms with Gasteiger partial charge in [0.1, 0.15) is 5.54 Å². The zero-order chi connectivity index (χ0) is 20.0. The van der Waals surface area contributed by atoms with Gasteiger partial charge in [-0.3, -0.25) is 19.2 Å². The first-order valence-corrected chi connectivity index (χ1v) is 10.3. The lowest BCUT2D eigenvalue weighted by molar-refractivity contribution is -0.137. The molecule has 9 heteroatoms. The number of hydrogen-bond donors (Lipinski definition) is 0. The van der Waals surface area contributed by atoms with Crippen LogP contribution in [0.3, 0.4) is 0 Å². The molecule has 9 nitrogen and oxygen atoms in total. The molecule has 2 amide bonds. The average Bonchev–Trinajstić information content (AvgIpc) is 3.19. The summed E-state index contributed by atoms with van der Waals surface area (Å²) >= 11 is 0. The van der Waals surface area contributed by atoms with Gasteiger partial charge in [0.25, 0.3) is 5.91 Å². The predicted molar refractivity (Wildman–Crippen MR) is 104 cm³/mol. The molecule has 3 aliphatic rings. The Hall–Kier alpha value is -2.68. The van der Waals surface area contributed by atoms with E-state index in [2.05, 4.69) is 15.2 Å². The summed E-state index contributed by atoms with van der Waals surface area (Å²) in [7, 11) is 1.86. The van der Waals surface area contributed by atoms with Gasteiger partial charge in [-0.1, -0.05) is 5.16 Å². The van der Waals surface area contributed by atoms with Crippen molar-refractivity contribution < 1.29 is 14.1 Å². The standard InChI is InChI=1S/C20H26N6O3/c1-23-14-16(12-21-23)26-11-10-25(13-15-2-3-15)20(19(26)28)5-8-24(9-6-20)18(27)17-4-7-22-29-17/h4,7,12,14-15H,2-3,5-6,8-11,13H2,1H3. The van der Waals surface area contributed by atoms with Gasteiger partial charge in [-0.15, -0.1) is 0 Å². The number of piperidine rings is 1. The van der Waals surface area contributed by atoms with Crippen LogP contribution in [0.1, 0.15) is 36.2 Å². The van der Waals surface area contributed by atoms with Crippen LogP contribution in [0.5, 0.6) is 0 Å². The number of amides is 2. The third-order valence-electron chi connectivity index (χ3n) is 6.55. The van der Waals surface area contributed by atoms with E-state index in [4.69, 9.17) is 4.52 Å². The first-order chi connectivity index (χ1) is 14.1. The number of piperazine rings is 1. The summed E-state index contributed by atoms with van der Waals surface area (Å²) in [6.45, 7) is 3.58. The second-order valence-corrected chi connectivity index (χ2v) is 8.42. The van der Waals surface area contributed by atoms with Crippen molar-refractivity contribution in [3.05, 3.63) is 30.4 Å². The van der Waals surface area contributed by atoms with Crippen molar-refractivity contribution in [1.82, 2.24) is 24.7 Å². The van der Waals surface area contributed by atoms with Gasteiger partial charge in [0, 0.05) is 52.0 Å². The van der Waals surface area contributed by atoms with Crippen molar-refractivity contribution in [2.45, 2.75) is 31.2 Å². The molecule has 4 heterocycles. The lowest BCUT2D eigenvalue weighted by Gasteiger charge is -2.52. The summed E-state index contributed by atoms with van der Waals surface area (Å²) in [4.78, 5) is 32.4. The third kappa shape index (κ3) is 3.23. The quantitative estimate of drug-likeness (QED) is 0.768. The number of hydrogen-bond acceptors (Lipinski definition) is 6. The maximum atomic E-state index is 13.7. The van der Waals surface area contributed by atoms with Crippen LogP contribution in [-0.2, 0) is 11.8 Å². The Kier molecular flexibility index (Phi) is 4.42. The third-order valence-corrected chi connectivity index (χ3v) is 6.55. The smallest absolute Gasteiger partial charge is 0.292 e. The Morgan fingerprint density at radius 1 is 1.24 bits per heavy atom. The van der Waals surface area contributed by atoms with Gasteiger partial charge < -0.3 is 14.3 Å². The highest BCUT2D eigenvalue weighted by atomic mass is 16.5. The molecule has 5 rings (SSSR count). The maximum Gasteiger partial charge on any atom is 0.292 e. The number of carbonyl (C=O) groups is 2. The van der Waals surface area contributed by atoms with E-state index in [-0.39, 0.29) is 17.6 Å². The summed E-state index contributed by atoms with van der Waals surface area (Å²) in [6, 6.07) is 1.59. The molecule has 0 aromatic carbocycles. The number of anilines is 1. The molecule has 1 saturated carbocycles. The molecule has 154 valence electrons. The van der Waals surface area contributed by atoms with Crippen LogP contribution in [-0.4, -0.2) is 74.8 Å². The number of aromatic nitrogens is 3. The Morgan fingerprint density at radius 3 is 2.66 bits per heavy atom. The predicted octanol–water partition coefficient (Wildman–Crippen LogP) is 1.14. The molecule has 0 N–H and O–H groups in total. The zero-order valence-corrected chi connectivity index (χ0v) is 16.7. The molecular formula is C20H26N6O3. The first-order valence-electron chi connectivity index (χ1n) is 10.3. The van der Waals surface area contributed by atoms with Crippen LogP contribution >= 0.6 is 0 Å². The van der Waals surface area contributed by atoms with Gasteiger partial charge in [-0.25, -0.2) is 0 Å². The van der Waals surface area contributed by atoms with Crippen LogP contribution in [0, 0.1) is 5.92 Å². The molecule has 29 heavy (non-hydrogen) atoms. The minimum Gasteiger partial charge on any atom is -0.351 e. The summed E-state index contributed by atoms with van der Waals surface area (Å²) in [6.07, 6.45) is 8.90. The van der Waals surface area contributed by atoms with Crippen LogP contribution in [0.15, 0.2) is 29.2 Å². The molecule has 0 atom stereocenters. The van der Waals surface area contributed by atoms with Crippen molar-refractivity contribution in [3.63, 3.8) is 0 Å². The minimum absolute atomic E-state index is 0.143. The van der Waals surface area contributed by atoms with Gasteiger partial charge in [0.05, 0.1) is 18.1 Å². The van der Waals surface area contributed by atoms with Gasteiger partial charge in [0.15, 0.2) is 0 Å². The fraction of sp³-hybridized carbons (Fsp3) is 0.600. The van der Waals surface area contributed by atoms with Crippen molar-refractivity contribution in [1.29, 1.82) is 0 Å². The second kappa shape index (κ2) is 6.98. The Labute approximate surface area is 169 Å². The van der Waals surface area contributed by atoms with Crippen molar-refractivity contribution in [3.8, 4) is 0 Å². The fourth-order valence-corrected chi connectivity index (χ4v) is 4.69. The van der Waals surface area contributed by atoms with Crippen molar-refractivity contribution >= 4 is 17.5 Å². The van der Waals surface area contributed by atoms with Crippen LogP contribution < -0.4 is 4.90 Å². The molecule has 0 radical (unpaired) electrons. The molecule has 0 unspecified atom stereocenters. The first kappa shape index (κ1) is 18.4. The van der Waals surface area contributed by atoms with Gasteiger partial charge in [-0.2, -0.15) is 5.10 Å². The summed E-state index contributed by atoms with van der Waals surface area (Å²) < 4.78 is 6.76. The van der Waals surface area contributed by atoms with E-state index in [0.29, 0.717) is 38.4 Å². The molecule has 2 aromatic rings. The lowest BCUT2D eigenvalue weighted by atomic mass is 9.82. The van der Waals surface area contributed by atoms with Crippen LogP contribution in [0.4, 0.5) is 5.69 Å². The number of rotatable bonds is 4. The number of carbonyl (C=O) groups excluding carboxylic acids is 2. The normalized spacial score (nSPS) is 22.4. The average molecular weight is 398 g/mol. The molecule has 0 bridgehead atoms. The highest BCUT2D eigenvalue weighted by Crippen LogP contribution is 2.39. The Balaban J connectivity index is 1.38. The molecule has 3 fully saturated rings. The number of aryl methyl sites for hydroxylation is 1. The summed E-state index contributed by atoms with van der Waals surface area (Å²) in [5.74, 6) is 0.948. The fourth-order valence-electron chi connectivity index (χ4n) is 4.69. The SMILES string of the molecule is Cn1cc(N2CCN(CC3CC3)C3(CCN(C(=O)c4ccno4)CC3)C2=O)cn1. The molecular weight excluding hydrogens is 372 g/mol. The minimum atomic E-state index is -0.547. The van der Waals surface area contributed by atoms with Crippen molar-refractivity contribution in [2.75, 3.05) is 37.6 Å². The van der Waals surface area contributed by atoms with E-state index in [1.54, 1.807) is 21.8 Å². The van der Waals surface area contributed by atoms with Crippen molar-refractivity contribution in [2.24, 2.45) is 13.0 Å². The largest absolute Gasteiger partial charge is 0.351 e. The molecule has 2 saturated heterocycles. The van der Waals surface area contributed by atoms with Crippen LogP contribution in [0.2, 0.25) is 0 Å². The highest BCUT2D eigenvalue weighted by Gasteiger charge is 2.52. The number of nitrogens with zero attached hydrogens (tertiary/aromatic N) is 6. The number of likely N-dealkylation sites (tertiary alicyclic amines) is 1. The molecule has 1 spiro atoms. The Bertz CT molecular complexity index is 895. The van der Waals surface area contributed by atoms with Crippen LogP contribution in [0.25, 0.3) is 0 Å². The second-order valence-electron chi connectivity index (χ2n) is 8.42. The van der Waals surface area contributed by atoms with Gasteiger partial charge in [-0.05, 0) is 31.6 Å². The Morgan fingerprint density at radius 2 is 2.03 bits per heavy atom. The van der Waals surface area contributed by atoms with E-state index < -0.39 is 5.54 Å². The van der Waals surface area contributed by atoms with E-state index in [1.807, 2.05) is 18.1 Å². The topological polar surface area (TPSA) is 87.7 Å². The van der Waals surface area contributed by atoms with Gasteiger partial charge >= 0.3 is 0 Å². The maximum absolute atomic E-state index is 13.7. The summed E-state index contributed by atoms with van der Waals surface area (Å²) in [5, 5.41) is 7.87. The lowest BCUT2D eigenvalue weighted by Crippen LogP contribution is -2.69. The monoisotopic (exact) mass is 398 g/mol. The molecule has 1 aliphatic carbocycles. The van der Waals surface area contributed by atoms with E-state index >= 15 is 0 Å². The van der Waals surface area contributed by atoms with Gasteiger partial charge in [0.2, 0.25) is 11.7 Å². The van der Waals surface area contributed by atoms with E-state index in [0.717, 1.165) is 18.8 Å². The van der Waals surface area contributed by atoms with E-state index in [9.17, 15) is 9.59 Å². The van der Waals surface area contributed by atoms with E-state index in [1.165, 1.54) is 19.0 Å². The molecule has 2 aliphatic heterocycles. The summed E-state index contributed by atoms with van der Waals surface area (Å²) in [5.41, 5.74) is 0.303. The highest BCUT2D eigenvalue weighted by molar-refractivity contribution is 6.01. The zero-order valence-electron chi connectivity index (χ0n) is 16.7. The molecule has 2 aromatic heterocycles.